The van der Waals surface area contributed by atoms with Crippen LogP contribution in [-0.2, 0) is 4.74 Å². The van der Waals surface area contributed by atoms with Crippen molar-refractivity contribution in [3.8, 4) is 0 Å². The third-order valence-corrected chi connectivity index (χ3v) is 10.4. The number of pyridine rings is 5. The van der Waals surface area contributed by atoms with Gasteiger partial charge in [-0.15, -0.1) is 0 Å². The number of nitrogens with zero attached hydrogens (tertiary/aromatic N) is 6. The first-order valence-electron chi connectivity index (χ1n) is 17.2. The van der Waals surface area contributed by atoms with E-state index in [1.165, 1.54) is 19.4 Å². The molecule has 9 rings (SSSR count). The van der Waals surface area contributed by atoms with Crippen LogP contribution in [0.15, 0.2) is 95.0 Å². The summed E-state index contributed by atoms with van der Waals surface area (Å²) in [5.74, 6) is -0.926. The molecule has 0 bridgehead atoms. The number of aromatic nitrogens is 9. The number of nitrogens with one attached hydrogen (secondary N) is 4. The Bertz CT molecular complexity index is 2840. The summed E-state index contributed by atoms with van der Waals surface area (Å²) in [6, 6.07) is 9.07. The molecule has 0 aliphatic heterocycles. The molecule has 0 saturated heterocycles. The molecular formula is C39H32Br2Cl3N11O5. The zero-order chi connectivity index (χ0) is 43.7. The van der Waals surface area contributed by atoms with Crippen LogP contribution >= 0.6 is 66.7 Å². The van der Waals surface area contributed by atoms with Crippen molar-refractivity contribution in [3.05, 3.63) is 149 Å². The minimum atomic E-state index is -0.583. The summed E-state index contributed by atoms with van der Waals surface area (Å²) in [5, 5.41) is 15.4. The normalized spacial score (nSPS) is 10.4. The van der Waals surface area contributed by atoms with E-state index in [-0.39, 0.29) is 10.8 Å². The molecule has 0 fully saturated rings. The van der Waals surface area contributed by atoms with E-state index in [0.29, 0.717) is 31.7 Å². The fourth-order valence-electron chi connectivity index (χ4n) is 5.50. The van der Waals surface area contributed by atoms with E-state index in [2.05, 4.69) is 81.5 Å². The number of methoxy groups -OCH3 is 1. The van der Waals surface area contributed by atoms with Crippen molar-refractivity contribution < 1.29 is 19.2 Å². The maximum absolute atomic E-state index is 11.3. The minimum Gasteiger partial charge on any atom is -0.464 e. The van der Waals surface area contributed by atoms with Gasteiger partial charge in [0.05, 0.1) is 34.1 Å². The van der Waals surface area contributed by atoms with E-state index >= 15 is 0 Å². The standard InChI is InChI=1S/C10H10N2O2.C9H9N3O.C8H7ClN2.C7H4BrClN2.C5H2BrClN2O2/c1-6-5-12-9(10(13)14-2)8-7(6)3-4-11-8;1-5-4-12-8(9(10)13)7-6(5)2-3-11-7;1-5-4-11-8(9)7-6(5)2-3-10-7;8-5-3-11-7(9)6-4(5)1-2-10-6;6-3-1-4(9(10)11)5(7)8-2-3/h3-5,11H,1-2H3;2-4,11H,1H3,(H2,10,13);2-4,10H,1H3;1-3,10H;1-2H. The number of rotatable bonds is 3. The van der Waals surface area contributed by atoms with Gasteiger partial charge in [0.25, 0.3) is 5.91 Å². The van der Waals surface area contributed by atoms with Crippen LogP contribution in [-0.4, -0.2) is 68.8 Å². The van der Waals surface area contributed by atoms with Crippen LogP contribution < -0.4 is 5.73 Å². The number of aromatic amines is 4. The molecule has 21 heteroatoms. The third kappa shape index (κ3) is 10.6. The van der Waals surface area contributed by atoms with Crippen LogP contribution in [0.25, 0.3) is 43.6 Å². The molecule has 9 heterocycles. The predicted octanol–water partition coefficient (Wildman–Crippen LogP) is 10.5. The van der Waals surface area contributed by atoms with Crippen LogP contribution in [0.3, 0.4) is 0 Å². The zero-order valence-electron chi connectivity index (χ0n) is 31.8. The number of primary amides is 1. The first kappa shape index (κ1) is 45.2. The van der Waals surface area contributed by atoms with E-state index < -0.39 is 16.8 Å². The number of carbonyl (C=O) groups is 2. The maximum Gasteiger partial charge on any atom is 0.358 e. The highest BCUT2D eigenvalue weighted by Gasteiger charge is 2.15. The molecular weight excluding hydrogens is 969 g/mol. The first-order chi connectivity index (χ1) is 28.6. The number of esters is 1. The lowest BCUT2D eigenvalue weighted by Crippen LogP contribution is -2.13. The number of fused-ring (bicyclic) bond motifs is 4. The number of H-pyrrole nitrogens is 4. The Labute approximate surface area is 372 Å². The smallest absolute Gasteiger partial charge is 0.358 e. The molecule has 0 aromatic carbocycles. The average Bonchev–Trinajstić information content (AvgIpc) is 4.07. The largest absolute Gasteiger partial charge is 0.464 e. The number of halogens is 5. The van der Waals surface area contributed by atoms with Crippen molar-refractivity contribution in [2.24, 2.45) is 5.73 Å². The predicted molar refractivity (Wildman–Crippen MR) is 240 cm³/mol. The molecule has 16 nitrogen and oxygen atoms in total. The van der Waals surface area contributed by atoms with Gasteiger partial charge < -0.3 is 30.4 Å². The number of ether oxygens (including phenoxy) is 1. The Morgan fingerprint density at radius 1 is 0.650 bits per heavy atom. The van der Waals surface area contributed by atoms with Crippen LogP contribution in [0, 0.1) is 30.9 Å². The lowest BCUT2D eigenvalue weighted by Gasteiger charge is -2.01. The summed E-state index contributed by atoms with van der Waals surface area (Å²) in [7, 11) is 1.35. The minimum absolute atomic E-state index is 0.0989. The van der Waals surface area contributed by atoms with E-state index in [1.54, 1.807) is 37.2 Å². The van der Waals surface area contributed by atoms with Crippen LogP contribution in [0.4, 0.5) is 5.69 Å². The number of aryl methyl sites for hydroxylation is 3. The fraction of sp³-hybridized carbons (Fsp3) is 0.103. The average molecular weight is 1000 g/mol. The summed E-state index contributed by atoms with van der Waals surface area (Å²) < 4.78 is 6.12. The number of hydrogen-bond acceptors (Lipinski definition) is 10. The van der Waals surface area contributed by atoms with Crippen LogP contribution in [0.1, 0.15) is 37.7 Å². The number of nitrogens with two attached hydrogens (primary N) is 1. The Kier molecular flexibility index (Phi) is 15.3. The second-order valence-electron chi connectivity index (χ2n) is 12.4. The van der Waals surface area contributed by atoms with Gasteiger partial charge >= 0.3 is 11.7 Å². The molecule has 0 spiro atoms. The van der Waals surface area contributed by atoms with Gasteiger partial charge in [-0.05, 0) is 93.6 Å². The van der Waals surface area contributed by atoms with Gasteiger partial charge in [-0.25, -0.2) is 29.7 Å². The highest BCUT2D eigenvalue weighted by molar-refractivity contribution is 9.11. The molecule has 308 valence electrons. The van der Waals surface area contributed by atoms with Crippen molar-refractivity contribution in [3.63, 3.8) is 0 Å². The molecule has 0 unspecified atom stereocenters. The maximum atomic E-state index is 11.3. The Morgan fingerprint density at radius 2 is 1.07 bits per heavy atom. The number of hydrogen-bond donors (Lipinski definition) is 5. The number of amides is 1. The lowest BCUT2D eigenvalue weighted by atomic mass is 10.2. The molecule has 0 aliphatic rings. The Hall–Kier alpha value is -5.92. The van der Waals surface area contributed by atoms with Crippen LogP contribution in [0.2, 0.25) is 15.5 Å². The monoisotopic (exact) mass is 997 g/mol. The SMILES string of the molecule is COC(=O)c1ncc(C)c2cc[nH]c12.Cc1cnc(C(N)=O)c2[nH]ccc12.Cc1cnc(Cl)c2[nH]ccc12.Clc1ncc(Br)c2cc[nH]c12.O=[N+]([O-])c1cc(Br)cnc1Cl. The molecule has 0 aliphatic carbocycles. The molecule has 0 saturated carbocycles. The topological polar surface area (TPSA) is 240 Å². The number of carbonyl (C=O) groups excluding carboxylic acids is 2. The lowest BCUT2D eigenvalue weighted by molar-refractivity contribution is -0.385. The van der Waals surface area contributed by atoms with Gasteiger partial charge in [0.1, 0.15) is 0 Å². The van der Waals surface area contributed by atoms with E-state index in [4.69, 9.17) is 40.5 Å². The second kappa shape index (κ2) is 20.4. The Balaban J connectivity index is 0.000000143. The van der Waals surface area contributed by atoms with Crippen molar-refractivity contribution in [1.29, 1.82) is 0 Å². The van der Waals surface area contributed by atoms with Crippen molar-refractivity contribution in [1.82, 2.24) is 44.9 Å². The quantitative estimate of drug-likeness (QED) is 0.0485. The fourth-order valence-corrected chi connectivity index (χ4v) is 6.83. The van der Waals surface area contributed by atoms with Gasteiger partial charge in [0, 0.05) is 92.3 Å². The second-order valence-corrected chi connectivity index (χ2v) is 15.2. The number of nitro groups is 1. The summed E-state index contributed by atoms with van der Waals surface area (Å²) >= 11 is 23.5. The van der Waals surface area contributed by atoms with Crippen molar-refractivity contribution in [2.45, 2.75) is 20.8 Å². The zero-order valence-corrected chi connectivity index (χ0v) is 37.2. The molecule has 0 atom stereocenters. The van der Waals surface area contributed by atoms with E-state index in [9.17, 15) is 19.7 Å². The van der Waals surface area contributed by atoms with Gasteiger partial charge in [-0.2, -0.15) is 0 Å². The molecule has 0 radical (unpaired) electrons. The Morgan fingerprint density at radius 3 is 1.53 bits per heavy atom. The first-order valence-corrected chi connectivity index (χ1v) is 19.9. The molecule has 60 heavy (non-hydrogen) atoms. The van der Waals surface area contributed by atoms with Crippen molar-refractivity contribution >= 4 is 128 Å². The summed E-state index contributed by atoms with van der Waals surface area (Å²) in [4.78, 5) is 63.5. The van der Waals surface area contributed by atoms with E-state index in [1.807, 2.05) is 57.4 Å². The van der Waals surface area contributed by atoms with Gasteiger partial charge in [0.2, 0.25) is 5.15 Å². The highest BCUT2D eigenvalue weighted by Crippen LogP contribution is 2.27. The summed E-state index contributed by atoms with van der Waals surface area (Å²) in [5.41, 5.74) is 12.1. The molecule has 1 amide bonds. The molecule has 6 N–H and O–H groups in total. The summed E-state index contributed by atoms with van der Waals surface area (Å²) in [6.45, 7) is 5.90. The third-order valence-electron chi connectivity index (χ3n) is 8.44. The van der Waals surface area contributed by atoms with Crippen LogP contribution in [0.5, 0.6) is 0 Å². The molecule has 9 aromatic heterocycles. The van der Waals surface area contributed by atoms with Crippen molar-refractivity contribution in [2.75, 3.05) is 7.11 Å². The summed E-state index contributed by atoms with van der Waals surface area (Å²) in [6.07, 6.45) is 15.4. The molecule has 9 aromatic rings. The van der Waals surface area contributed by atoms with Gasteiger partial charge in [-0.3, -0.25) is 14.9 Å². The van der Waals surface area contributed by atoms with Gasteiger partial charge in [0.15, 0.2) is 21.7 Å². The highest BCUT2D eigenvalue weighted by atomic mass is 79.9. The van der Waals surface area contributed by atoms with Gasteiger partial charge in [-0.1, -0.05) is 34.8 Å². The van der Waals surface area contributed by atoms with E-state index in [0.717, 1.165) is 59.3 Å².